The Kier molecular flexibility index (Phi) is 5.92. The highest BCUT2D eigenvalue weighted by atomic mass is 16.5. The van der Waals surface area contributed by atoms with Gasteiger partial charge in [-0.2, -0.15) is 0 Å². The van der Waals surface area contributed by atoms with Crippen LogP contribution in [0.5, 0.6) is 0 Å². The number of carbonyl (C=O) groups excluding carboxylic acids is 1. The topological polar surface area (TPSA) is 50.4 Å². The lowest BCUT2D eigenvalue weighted by molar-refractivity contribution is -0.128. The quantitative estimate of drug-likeness (QED) is 0.693. The third-order valence-corrected chi connectivity index (χ3v) is 3.18. The Labute approximate surface area is 104 Å². The Bertz CT molecular complexity index is 236. The van der Waals surface area contributed by atoms with E-state index in [0.29, 0.717) is 13.2 Å². The van der Waals surface area contributed by atoms with E-state index in [9.17, 15) is 4.79 Å². The van der Waals surface area contributed by atoms with Crippen LogP contribution in [0.3, 0.4) is 0 Å². The molecule has 1 aliphatic rings. The van der Waals surface area contributed by atoms with E-state index in [1.807, 2.05) is 20.8 Å². The molecule has 0 aliphatic carbocycles. The van der Waals surface area contributed by atoms with Crippen LogP contribution in [-0.2, 0) is 9.53 Å². The Balaban J connectivity index is 2.15. The van der Waals surface area contributed by atoms with Crippen molar-refractivity contribution in [1.29, 1.82) is 0 Å². The Morgan fingerprint density at radius 3 is 2.82 bits per heavy atom. The lowest BCUT2D eigenvalue weighted by Crippen LogP contribution is -2.57. The first-order chi connectivity index (χ1) is 8.04. The number of piperidine rings is 1. The van der Waals surface area contributed by atoms with E-state index in [-0.39, 0.29) is 17.6 Å². The van der Waals surface area contributed by atoms with Crippen LogP contribution in [0.25, 0.3) is 0 Å². The summed E-state index contributed by atoms with van der Waals surface area (Å²) in [7, 11) is 0. The molecule has 0 spiro atoms. The summed E-state index contributed by atoms with van der Waals surface area (Å²) in [5, 5.41) is 6.30. The average molecular weight is 242 g/mol. The van der Waals surface area contributed by atoms with Crippen LogP contribution in [0.2, 0.25) is 0 Å². The van der Waals surface area contributed by atoms with E-state index in [0.717, 1.165) is 25.8 Å². The molecular formula is C13H26N2O2. The van der Waals surface area contributed by atoms with Crippen LogP contribution in [0.4, 0.5) is 0 Å². The fourth-order valence-electron chi connectivity index (χ4n) is 2.04. The van der Waals surface area contributed by atoms with Gasteiger partial charge in [0.1, 0.15) is 0 Å². The molecule has 0 unspecified atom stereocenters. The van der Waals surface area contributed by atoms with Crippen molar-refractivity contribution < 1.29 is 9.53 Å². The number of ether oxygens (including phenoxy) is 1. The summed E-state index contributed by atoms with van der Waals surface area (Å²) in [5.41, 5.74) is -0.364. The zero-order valence-corrected chi connectivity index (χ0v) is 11.3. The van der Waals surface area contributed by atoms with Gasteiger partial charge in [-0.15, -0.1) is 0 Å². The fourth-order valence-corrected chi connectivity index (χ4v) is 2.04. The summed E-state index contributed by atoms with van der Waals surface area (Å²) >= 11 is 0. The van der Waals surface area contributed by atoms with Crippen LogP contribution >= 0.6 is 0 Å². The van der Waals surface area contributed by atoms with E-state index in [4.69, 9.17) is 4.74 Å². The van der Waals surface area contributed by atoms with E-state index in [1.54, 1.807) is 0 Å². The highest BCUT2D eigenvalue weighted by Gasteiger charge is 2.33. The first kappa shape index (κ1) is 14.5. The van der Waals surface area contributed by atoms with Crippen molar-refractivity contribution >= 4 is 5.91 Å². The monoisotopic (exact) mass is 242 g/mol. The molecule has 100 valence electrons. The highest BCUT2D eigenvalue weighted by molar-refractivity contribution is 5.85. The molecule has 4 nitrogen and oxygen atoms in total. The van der Waals surface area contributed by atoms with Crippen LogP contribution < -0.4 is 10.6 Å². The third-order valence-electron chi connectivity index (χ3n) is 3.18. The molecular weight excluding hydrogens is 216 g/mol. The zero-order valence-electron chi connectivity index (χ0n) is 11.3. The van der Waals surface area contributed by atoms with E-state index in [2.05, 4.69) is 10.6 Å². The molecule has 0 bridgehead atoms. The second kappa shape index (κ2) is 6.97. The molecule has 2 N–H and O–H groups in total. The molecule has 0 aromatic rings. The number of carbonyl (C=O) groups is 1. The fraction of sp³-hybridized carbons (Fsp3) is 0.923. The molecule has 17 heavy (non-hydrogen) atoms. The Morgan fingerprint density at radius 1 is 1.47 bits per heavy atom. The summed E-state index contributed by atoms with van der Waals surface area (Å²) in [6.45, 7) is 8.38. The maximum atomic E-state index is 12.0. The summed E-state index contributed by atoms with van der Waals surface area (Å²) in [6.07, 6.45) is 4.38. The number of hydrogen-bond donors (Lipinski definition) is 2. The van der Waals surface area contributed by atoms with Crippen molar-refractivity contribution in [2.24, 2.45) is 0 Å². The molecule has 0 radical (unpaired) electrons. The van der Waals surface area contributed by atoms with E-state index >= 15 is 0 Å². The van der Waals surface area contributed by atoms with Crippen LogP contribution in [0, 0.1) is 0 Å². The molecule has 1 saturated heterocycles. The Morgan fingerprint density at radius 2 is 2.24 bits per heavy atom. The second-order valence-electron chi connectivity index (χ2n) is 5.24. The molecule has 1 heterocycles. The molecule has 4 heteroatoms. The maximum absolute atomic E-state index is 12.0. The van der Waals surface area contributed by atoms with Crippen molar-refractivity contribution in [3.8, 4) is 0 Å². The number of nitrogens with one attached hydrogen (secondary N) is 2. The number of hydrogen-bond acceptors (Lipinski definition) is 3. The zero-order chi connectivity index (χ0) is 12.7. The minimum Gasteiger partial charge on any atom is -0.379 e. The molecule has 1 rings (SSSR count). The van der Waals surface area contributed by atoms with Gasteiger partial charge < -0.3 is 15.4 Å². The number of rotatable bonds is 6. The smallest absolute Gasteiger partial charge is 0.240 e. The van der Waals surface area contributed by atoms with Gasteiger partial charge in [0.2, 0.25) is 5.91 Å². The number of amides is 1. The van der Waals surface area contributed by atoms with Crippen LogP contribution in [0.15, 0.2) is 0 Å². The van der Waals surface area contributed by atoms with Crippen LogP contribution in [0.1, 0.15) is 46.5 Å². The van der Waals surface area contributed by atoms with Crippen molar-refractivity contribution in [1.82, 2.24) is 10.6 Å². The Hall–Kier alpha value is -0.610. The van der Waals surface area contributed by atoms with Crippen molar-refractivity contribution in [3.63, 3.8) is 0 Å². The van der Waals surface area contributed by atoms with Gasteiger partial charge in [0, 0.05) is 13.2 Å². The summed E-state index contributed by atoms with van der Waals surface area (Å²) in [5.74, 6) is 0.127. The molecule has 1 atom stereocenters. The van der Waals surface area contributed by atoms with Gasteiger partial charge in [0.25, 0.3) is 0 Å². The maximum Gasteiger partial charge on any atom is 0.240 e. The van der Waals surface area contributed by atoms with Gasteiger partial charge in [-0.25, -0.2) is 0 Å². The lowest BCUT2D eigenvalue weighted by Gasteiger charge is -2.33. The van der Waals surface area contributed by atoms with Gasteiger partial charge in [0.05, 0.1) is 11.6 Å². The predicted molar refractivity (Wildman–Crippen MR) is 69.0 cm³/mol. The highest BCUT2D eigenvalue weighted by Crippen LogP contribution is 2.18. The van der Waals surface area contributed by atoms with Gasteiger partial charge in [-0.1, -0.05) is 0 Å². The van der Waals surface area contributed by atoms with Gasteiger partial charge in [-0.05, 0) is 53.0 Å². The van der Waals surface area contributed by atoms with E-state index in [1.165, 1.54) is 6.42 Å². The van der Waals surface area contributed by atoms with Crippen molar-refractivity contribution in [3.05, 3.63) is 0 Å². The summed E-state index contributed by atoms with van der Waals surface area (Å²) in [4.78, 5) is 12.0. The predicted octanol–water partition coefficient (Wildman–Crippen LogP) is 1.45. The standard InChI is InChI=1S/C13H26N2O2/c1-11(2)17-10-6-8-14-12(16)13(3)7-4-5-9-15-13/h11,15H,4-10H2,1-3H3,(H,14,16)/t13-/m0/s1. The lowest BCUT2D eigenvalue weighted by atomic mass is 9.90. The third kappa shape index (κ3) is 5.04. The van der Waals surface area contributed by atoms with Crippen molar-refractivity contribution in [2.75, 3.05) is 19.7 Å². The molecule has 1 fully saturated rings. The molecule has 0 aromatic heterocycles. The summed E-state index contributed by atoms with van der Waals surface area (Å²) in [6, 6.07) is 0. The molecule has 1 aliphatic heterocycles. The van der Waals surface area contributed by atoms with Gasteiger partial charge >= 0.3 is 0 Å². The normalized spacial score (nSPS) is 24.9. The largest absolute Gasteiger partial charge is 0.379 e. The SMILES string of the molecule is CC(C)OCCCNC(=O)[C@]1(C)CCCCN1. The first-order valence-corrected chi connectivity index (χ1v) is 6.69. The van der Waals surface area contributed by atoms with Gasteiger partial charge in [-0.3, -0.25) is 4.79 Å². The second-order valence-corrected chi connectivity index (χ2v) is 5.24. The van der Waals surface area contributed by atoms with Crippen molar-refractivity contribution in [2.45, 2.75) is 58.1 Å². The molecule has 0 saturated carbocycles. The first-order valence-electron chi connectivity index (χ1n) is 6.69. The van der Waals surface area contributed by atoms with E-state index < -0.39 is 0 Å². The summed E-state index contributed by atoms with van der Waals surface area (Å²) < 4.78 is 5.43. The minimum atomic E-state index is -0.364. The van der Waals surface area contributed by atoms with Gasteiger partial charge in [0.15, 0.2) is 0 Å². The molecule has 0 aromatic carbocycles. The average Bonchev–Trinajstić information content (AvgIpc) is 2.29. The molecule has 1 amide bonds. The van der Waals surface area contributed by atoms with Crippen LogP contribution in [-0.4, -0.2) is 37.2 Å². The minimum absolute atomic E-state index is 0.127.